The van der Waals surface area contributed by atoms with Crippen molar-refractivity contribution in [3.8, 4) is 0 Å². The van der Waals surface area contributed by atoms with Crippen LogP contribution in [0.5, 0.6) is 0 Å². The summed E-state index contributed by atoms with van der Waals surface area (Å²) in [4.78, 5) is 141. The second kappa shape index (κ2) is 51.8. The Bertz CT molecular complexity index is 2190. The fourth-order valence-corrected chi connectivity index (χ4v) is 11.8. The number of unbranched alkanes of at least 4 members (excludes halogenated alkanes) is 3. The van der Waals surface area contributed by atoms with Crippen molar-refractivity contribution in [3.05, 3.63) is 11.4 Å². The monoisotopic (exact) mass is 1360 g/mol. The molecule has 1 rings (SSSR count). The molecule has 7 amide bonds. The molecule has 1 saturated heterocycles. The molecule has 1 aliphatic heterocycles. The number of hydrogen-bond donors (Lipinski definition) is 5. The topological polar surface area (TPSA) is 351 Å². The van der Waals surface area contributed by atoms with Crippen LogP contribution < -0.4 is 26.6 Å². The molecule has 1 radical (unpaired) electrons. The number of Topliss-reactive ketones (excluding diaryl/α,β-unsaturated/α-hetero) is 4. The van der Waals surface area contributed by atoms with Gasteiger partial charge in [0.25, 0.3) is 8.53 Å². The Morgan fingerprint density at radius 2 is 1.07 bits per heavy atom. The predicted molar refractivity (Wildman–Crippen MR) is 329 cm³/mol. The van der Waals surface area contributed by atoms with E-state index in [2.05, 4.69) is 63.8 Å². The number of carbonyl (C=O) groups is 11. The number of hydrogen-bond acceptors (Lipinski definition) is 22. The van der Waals surface area contributed by atoms with E-state index in [1.807, 2.05) is 0 Å². The number of nitrogens with zero attached hydrogens (tertiary/aromatic N) is 3. The second-order valence-electron chi connectivity index (χ2n) is 21.6. The Hall–Kier alpha value is -4.71. The Kier molecular flexibility index (Phi) is 47.9. The van der Waals surface area contributed by atoms with Gasteiger partial charge in [-0.15, -0.1) is 0 Å². The zero-order chi connectivity index (χ0) is 67.1. The summed E-state index contributed by atoms with van der Waals surface area (Å²) in [6.45, 7) is 20.0. The molecule has 511 valence electrons. The molecule has 5 N–H and O–H groups in total. The number of ether oxygens (including phenoxy) is 7. The maximum absolute atomic E-state index is 13.2. The van der Waals surface area contributed by atoms with Gasteiger partial charge in [0.2, 0.25) is 36.1 Å². The zero-order valence-electron chi connectivity index (χ0n) is 54.4. The minimum absolute atomic E-state index is 0.000132. The molecule has 1 heterocycles. The van der Waals surface area contributed by atoms with Crippen LogP contribution in [0.15, 0.2) is 0 Å². The van der Waals surface area contributed by atoms with Gasteiger partial charge in [-0.1, -0.05) is 12.8 Å². The molecule has 3 unspecified atom stereocenters. The molecular weight excluding hydrogens is 1260 g/mol. The first-order valence-corrected chi connectivity index (χ1v) is 34.1. The number of nitrogens with one attached hydrogen (secondary N) is 5. The third-order valence-electron chi connectivity index (χ3n) is 13.3. The normalized spacial score (nSPS) is 16.6. The molecule has 90 heavy (non-hydrogen) atoms. The third-order valence-corrected chi connectivity index (χ3v) is 18.2. The van der Waals surface area contributed by atoms with E-state index in [4.69, 9.17) is 52.3 Å². The molecule has 0 aliphatic carbocycles. The number of amides is 7. The predicted octanol–water partition coefficient (Wildman–Crippen LogP) is 2.89. The fourth-order valence-electron chi connectivity index (χ4n) is 8.76. The van der Waals surface area contributed by atoms with Crippen LogP contribution in [0.25, 0.3) is 4.85 Å². The molecule has 29 nitrogen and oxygen atoms in total. The van der Waals surface area contributed by atoms with Crippen LogP contribution in [0.2, 0.25) is 0 Å². The van der Waals surface area contributed by atoms with Crippen LogP contribution >= 0.6 is 8.53 Å². The van der Waals surface area contributed by atoms with Gasteiger partial charge in [0.1, 0.15) is 49.3 Å². The maximum atomic E-state index is 13.2. The number of rotatable bonds is 55. The van der Waals surface area contributed by atoms with Gasteiger partial charge in [-0.3, -0.25) is 33.6 Å². The quantitative estimate of drug-likeness (QED) is 0.0192. The smallest absolute Gasteiger partial charge is 0.223 e. The van der Waals surface area contributed by atoms with E-state index in [1.54, 1.807) is 0 Å². The van der Waals surface area contributed by atoms with E-state index in [0.717, 1.165) is 29.3 Å². The van der Waals surface area contributed by atoms with E-state index < -0.39 is 86.7 Å². The minimum Gasteiger partial charge on any atom is -0.384 e. The number of imide groups is 1. The van der Waals surface area contributed by atoms with E-state index in [1.165, 1.54) is 35.0 Å². The Morgan fingerprint density at radius 1 is 0.533 bits per heavy atom. The molecule has 1 fully saturated rings. The van der Waals surface area contributed by atoms with Crippen LogP contribution in [0.3, 0.4) is 0 Å². The molecule has 6 atom stereocenters. The van der Waals surface area contributed by atoms with Gasteiger partial charge < -0.3 is 68.9 Å². The van der Waals surface area contributed by atoms with Crippen LogP contribution in [-0.4, -0.2) is 240 Å². The number of ketones is 4. The standard InChI is InChI=1S/C55H95N7O19P.C4H7NO2.Ga/c1-40(2)62(41(3)4)82(80-37-29-56-6)79-31-12-10-9-11-26-57-48(69)17-16-45(67)23-34-78-55-52(61-42(5)64)54(77-36-25-50(71)58-27-18-46(68)21-32-73-7)53(76-35-24-51(72)59-28-19-49(70)60-39-74-8)47(81-55)38-75-33-22-44(66)15-13-14-43(65)20-30-63;1-3(6)5-4(2)7;/h40-41,47,52-55H,9-39H2,1-5,7-8H3,(H,57,69)(H,58,71)(H,59,72)(H,60,70)(H,61,64);1-2H3,(H,5,6,7);/q-1;;+2/p-1/t47?,52?,53-,54+,55+,82?;;/m0../s1. The number of methoxy groups -OCH3 is 2. The second-order valence-corrected chi connectivity index (χ2v) is 25.3. The summed E-state index contributed by atoms with van der Waals surface area (Å²) in [6.07, 6.45) is -1.47. The van der Waals surface area contributed by atoms with Crippen molar-refractivity contribution in [1.29, 1.82) is 0 Å². The maximum Gasteiger partial charge on any atom is 0.223 e. The molecule has 31 heteroatoms. The van der Waals surface area contributed by atoms with E-state index >= 15 is 0 Å². The van der Waals surface area contributed by atoms with E-state index in [9.17, 15) is 52.7 Å². The number of carbonyl (C=O) groups excluding carboxylic acids is 11. The van der Waals surface area contributed by atoms with Gasteiger partial charge >= 0.3 is 138 Å². The van der Waals surface area contributed by atoms with Gasteiger partial charge in [-0.2, -0.15) is 0 Å². The van der Waals surface area contributed by atoms with Gasteiger partial charge in [-0.05, 0) is 40.5 Å². The van der Waals surface area contributed by atoms with Crippen molar-refractivity contribution in [2.24, 2.45) is 0 Å². The summed E-state index contributed by atoms with van der Waals surface area (Å²) in [6, 6.07) is -0.750. The molecule has 0 aromatic heterocycles. The molecule has 0 aromatic carbocycles. The molecule has 0 spiro atoms. The summed E-state index contributed by atoms with van der Waals surface area (Å²) >= 11 is -1.83. The summed E-state index contributed by atoms with van der Waals surface area (Å²) in [5.74, 6) is -3.65. The summed E-state index contributed by atoms with van der Waals surface area (Å²) < 4.78 is 61.9. The third kappa shape index (κ3) is 40.3. The first kappa shape index (κ1) is 83.3. The SMILES string of the molecule is [C-]#[N+]CCOP(OCCCCCCNC(=O)CCC(=O)CCO[C@@H]1OC(COCCC(=O)CCCC(=O)CC[O][Ga][N](C(C)=O)C(C)=O)[C@H](OCCC(=O)NCCC(=O)NCOC)[C@H](OCCC(=O)NCCC(=O)CCOC)C1NC(C)=O)N(C(C)C)C(C)C. The zero-order valence-corrected chi connectivity index (χ0v) is 57.7. The summed E-state index contributed by atoms with van der Waals surface area (Å²) in [5.41, 5.74) is 0. The molecular formula is C59H101GaN8O21P. The fraction of sp³-hybridized carbons (Fsp3) is 0.797. The summed E-state index contributed by atoms with van der Waals surface area (Å²) in [5, 5.41) is 13.5. The largest absolute Gasteiger partial charge is 0.384 e. The van der Waals surface area contributed by atoms with Gasteiger partial charge in [-0.25, -0.2) is 11.2 Å². The van der Waals surface area contributed by atoms with Crippen LogP contribution in [0.1, 0.15) is 158 Å². The van der Waals surface area contributed by atoms with Crippen molar-refractivity contribution >= 4 is 91.0 Å². The van der Waals surface area contributed by atoms with Crippen LogP contribution in [0.4, 0.5) is 0 Å². The Morgan fingerprint density at radius 3 is 1.68 bits per heavy atom. The minimum atomic E-state index is -1.83. The van der Waals surface area contributed by atoms with Crippen molar-refractivity contribution in [2.75, 3.05) is 107 Å². The summed E-state index contributed by atoms with van der Waals surface area (Å²) in [7, 11) is 1.58. The van der Waals surface area contributed by atoms with Crippen LogP contribution in [0, 0.1) is 6.57 Å². The Balaban J connectivity index is 3.15. The first-order valence-electron chi connectivity index (χ1n) is 30.9. The molecule has 0 aromatic rings. The van der Waals surface area contributed by atoms with Crippen molar-refractivity contribution < 1.29 is 98.5 Å². The first-order chi connectivity index (χ1) is 43.0. The van der Waals surface area contributed by atoms with Gasteiger partial charge in [0.15, 0.2) is 6.29 Å². The van der Waals surface area contributed by atoms with Gasteiger partial charge in [0.05, 0.1) is 33.0 Å². The van der Waals surface area contributed by atoms with Gasteiger partial charge in [0, 0.05) is 104 Å². The molecule has 0 bridgehead atoms. The molecule has 0 saturated carbocycles. The van der Waals surface area contributed by atoms with Crippen molar-refractivity contribution in [3.63, 3.8) is 0 Å². The Labute approximate surface area is 540 Å². The molecule has 1 aliphatic rings. The van der Waals surface area contributed by atoms with E-state index in [-0.39, 0.29) is 203 Å². The van der Waals surface area contributed by atoms with Crippen molar-refractivity contribution in [1.82, 2.24) is 34.9 Å². The van der Waals surface area contributed by atoms with E-state index in [0.29, 0.717) is 19.8 Å². The van der Waals surface area contributed by atoms with Crippen LogP contribution in [-0.2, 0) is 98.5 Å². The average Bonchev–Trinajstić information content (AvgIpc) is 0.935. The average molecular weight is 1360 g/mol. The van der Waals surface area contributed by atoms with Crippen molar-refractivity contribution in [2.45, 2.75) is 200 Å².